The predicted octanol–water partition coefficient (Wildman–Crippen LogP) is 4.62. The van der Waals surface area contributed by atoms with Crippen LogP contribution in [-0.2, 0) is 26.2 Å². The summed E-state index contributed by atoms with van der Waals surface area (Å²) in [5.74, 6) is -0.871. The number of aryl methyl sites for hydroxylation is 3. The van der Waals surface area contributed by atoms with Gasteiger partial charge in [-0.25, -0.2) is 8.42 Å². The summed E-state index contributed by atoms with van der Waals surface area (Å²) < 4.78 is 28.9. The molecule has 1 N–H and O–H groups in total. The van der Waals surface area contributed by atoms with Gasteiger partial charge in [-0.3, -0.25) is 13.9 Å². The summed E-state index contributed by atoms with van der Waals surface area (Å²) in [6.45, 7) is 6.78. The van der Waals surface area contributed by atoms with Crippen molar-refractivity contribution in [2.24, 2.45) is 0 Å². The van der Waals surface area contributed by atoms with Crippen molar-refractivity contribution >= 4 is 39.1 Å². The number of anilines is 1. The SMILES string of the molecule is CNC(=O)[C@H](C)N(Cc1ccc(Cl)cc1)C(=O)CN(c1cc(C)ccc1C)S(=O)(=O)c1ccc(C)cc1. The molecule has 0 saturated carbocycles. The lowest BCUT2D eigenvalue weighted by Crippen LogP contribution is -2.50. The van der Waals surface area contributed by atoms with E-state index in [0.29, 0.717) is 16.3 Å². The first-order chi connectivity index (χ1) is 17.4. The molecule has 196 valence electrons. The molecular weight excluding hydrogens is 510 g/mol. The van der Waals surface area contributed by atoms with Crippen molar-refractivity contribution in [3.63, 3.8) is 0 Å². The summed E-state index contributed by atoms with van der Waals surface area (Å²) in [5, 5.41) is 3.12. The van der Waals surface area contributed by atoms with E-state index in [1.54, 1.807) is 56.3 Å². The van der Waals surface area contributed by atoms with Gasteiger partial charge in [0.2, 0.25) is 11.8 Å². The Bertz CT molecular complexity index is 1370. The van der Waals surface area contributed by atoms with E-state index in [4.69, 9.17) is 11.6 Å². The molecule has 37 heavy (non-hydrogen) atoms. The van der Waals surface area contributed by atoms with E-state index >= 15 is 0 Å². The molecule has 0 aromatic heterocycles. The highest BCUT2D eigenvalue weighted by atomic mass is 35.5. The van der Waals surface area contributed by atoms with Gasteiger partial charge in [-0.1, -0.05) is 53.6 Å². The molecule has 3 aromatic rings. The summed E-state index contributed by atoms with van der Waals surface area (Å²) >= 11 is 6.01. The maximum atomic E-state index is 13.9. The van der Waals surface area contributed by atoms with Crippen molar-refractivity contribution in [1.82, 2.24) is 10.2 Å². The number of amides is 2. The van der Waals surface area contributed by atoms with Gasteiger partial charge in [-0.2, -0.15) is 0 Å². The van der Waals surface area contributed by atoms with Gasteiger partial charge in [0.1, 0.15) is 12.6 Å². The van der Waals surface area contributed by atoms with E-state index in [1.165, 1.54) is 24.1 Å². The van der Waals surface area contributed by atoms with Crippen LogP contribution in [0.4, 0.5) is 5.69 Å². The third kappa shape index (κ3) is 6.70. The summed E-state index contributed by atoms with van der Waals surface area (Å²) in [6, 6.07) is 18.1. The van der Waals surface area contributed by atoms with Crippen LogP contribution in [0.5, 0.6) is 0 Å². The van der Waals surface area contributed by atoms with E-state index in [2.05, 4.69) is 5.32 Å². The lowest BCUT2D eigenvalue weighted by Gasteiger charge is -2.32. The number of hydrogen-bond acceptors (Lipinski definition) is 4. The van der Waals surface area contributed by atoms with Crippen molar-refractivity contribution in [3.05, 3.63) is 94.0 Å². The Balaban J connectivity index is 2.07. The minimum atomic E-state index is -4.10. The number of hydrogen-bond donors (Lipinski definition) is 1. The fourth-order valence-electron chi connectivity index (χ4n) is 3.92. The van der Waals surface area contributed by atoms with Crippen LogP contribution in [-0.4, -0.2) is 44.8 Å². The van der Waals surface area contributed by atoms with Crippen LogP contribution >= 0.6 is 11.6 Å². The molecule has 7 nitrogen and oxygen atoms in total. The second-order valence-electron chi connectivity index (χ2n) is 9.05. The van der Waals surface area contributed by atoms with Crippen LogP contribution in [0.25, 0.3) is 0 Å². The van der Waals surface area contributed by atoms with Crippen molar-refractivity contribution in [2.75, 3.05) is 17.9 Å². The molecule has 9 heteroatoms. The van der Waals surface area contributed by atoms with Crippen molar-refractivity contribution in [3.8, 4) is 0 Å². The summed E-state index contributed by atoms with van der Waals surface area (Å²) in [6.07, 6.45) is 0. The van der Waals surface area contributed by atoms with Gasteiger partial charge in [0.15, 0.2) is 0 Å². The van der Waals surface area contributed by atoms with E-state index in [0.717, 1.165) is 21.0 Å². The molecule has 1 atom stereocenters. The van der Waals surface area contributed by atoms with Crippen LogP contribution in [0.15, 0.2) is 71.6 Å². The maximum Gasteiger partial charge on any atom is 0.264 e. The highest BCUT2D eigenvalue weighted by Crippen LogP contribution is 2.28. The lowest BCUT2D eigenvalue weighted by molar-refractivity contribution is -0.139. The zero-order valence-corrected chi connectivity index (χ0v) is 23.2. The maximum absolute atomic E-state index is 13.9. The number of carbonyl (C=O) groups is 2. The highest BCUT2D eigenvalue weighted by molar-refractivity contribution is 7.92. The highest BCUT2D eigenvalue weighted by Gasteiger charge is 2.33. The van der Waals surface area contributed by atoms with E-state index in [9.17, 15) is 18.0 Å². The topological polar surface area (TPSA) is 86.8 Å². The molecule has 3 aromatic carbocycles. The smallest absolute Gasteiger partial charge is 0.264 e. The molecule has 0 aliphatic carbocycles. The molecule has 0 spiro atoms. The van der Waals surface area contributed by atoms with Gasteiger partial charge in [0.05, 0.1) is 10.6 Å². The van der Waals surface area contributed by atoms with Crippen LogP contribution in [0.1, 0.15) is 29.2 Å². The van der Waals surface area contributed by atoms with Gasteiger partial charge in [-0.15, -0.1) is 0 Å². The summed E-state index contributed by atoms with van der Waals surface area (Å²) in [4.78, 5) is 27.8. The van der Waals surface area contributed by atoms with Crippen molar-refractivity contribution < 1.29 is 18.0 Å². The molecule has 0 radical (unpaired) electrons. The summed E-state index contributed by atoms with van der Waals surface area (Å²) in [7, 11) is -2.61. The van der Waals surface area contributed by atoms with E-state index < -0.39 is 28.5 Å². The molecule has 0 bridgehead atoms. The Labute approximate surface area is 224 Å². The van der Waals surface area contributed by atoms with Crippen molar-refractivity contribution in [2.45, 2.75) is 45.2 Å². The fraction of sp³-hybridized carbons (Fsp3) is 0.286. The van der Waals surface area contributed by atoms with Crippen LogP contribution in [0, 0.1) is 20.8 Å². The Morgan fingerprint density at radius 1 is 0.919 bits per heavy atom. The molecule has 0 aliphatic rings. The minimum absolute atomic E-state index is 0.0791. The number of carbonyl (C=O) groups excluding carboxylic acids is 2. The average molecular weight is 542 g/mol. The Kier molecular flexibility index (Phi) is 8.99. The molecule has 0 unspecified atom stereocenters. The predicted molar refractivity (Wildman–Crippen MR) is 147 cm³/mol. The van der Waals surface area contributed by atoms with E-state index in [1.807, 2.05) is 26.0 Å². The van der Waals surface area contributed by atoms with Crippen molar-refractivity contribution in [1.29, 1.82) is 0 Å². The van der Waals surface area contributed by atoms with Crippen LogP contribution < -0.4 is 9.62 Å². The minimum Gasteiger partial charge on any atom is -0.357 e. The first-order valence-electron chi connectivity index (χ1n) is 11.9. The molecule has 0 saturated heterocycles. The zero-order chi connectivity index (χ0) is 27.3. The van der Waals surface area contributed by atoms with E-state index in [-0.39, 0.29) is 17.3 Å². The number of sulfonamides is 1. The van der Waals surface area contributed by atoms with Gasteiger partial charge in [-0.05, 0) is 74.7 Å². The molecular formula is C28H32ClN3O4S. The number of benzene rings is 3. The Morgan fingerprint density at radius 3 is 2.11 bits per heavy atom. The average Bonchev–Trinajstić information content (AvgIpc) is 2.87. The molecule has 0 fully saturated rings. The van der Waals surface area contributed by atoms with Gasteiger partial charge in [0, 0.05) is 18.6 Å². The number of halogens is 1. The molecule has 2 amide bonds. The third-order valence-electron chi connectivity index (χ3n) is 6.20. The van der Waals surface area contributed by atoms with Crippen LogP contribution in [0.3, 0.4) is 0 Å². The fourth-order valence-corrected chi connectivity index (χ4v) is 5.51. The number of nitrogens with zero attached hydrogens (tertiary/aromatic N) is 2. The van der Waals surface area contributed by atoms with Crippen LogP contribution in [0.2, 0.25) is 5.02 Å². The second-order valence-corrected chi connectivity index (χ2v) is 11.4. The van der Waals surface area contributed by atoms with Gasteiger partial charge >= 0.3 is 0 Å². The quantitative estimate of drug-likeness (QED) is 0.428. The molecule has 3 rings (SSSR count). The first kappa shape index (κ1) is 28.2. The monoisotopic (exact) mass is 541 g/mol. The Hall–Kier alpha value is -3.36. The largest absolute Gasteiger partial charge is 0.357 e. The number of nitrogens with one attached hydrogen (secondary N) is 1. The Morgan fingerprint density at radius 2 is 1.51 bits per heavy atom. The standard InChI is InChI=1S/C28H32ClN3O4S/c1-19-7-14-25(15-8-19)37(35,36)32(26-16-20(2)6-9-21(26)3)18-27(33)31(22(4)28(34)30-5)17-23-10-12-24(29)13-11-23/h6-16,22H,17-18H2,1-5H3,(H,30,34)/t22-/m0/s1. The summed E-state index contributed by atoms with van der Waals surface area (Å²) in [5.41, 5.74) is 3.65. The van der Waals surface area contributed by atoms with Gasteiger partial charge < -0.3 is 10.2 Å². The third-order valence-corrected chi connectivity index (χ3v) is 8.23. The lowest BCUT2D eigenvalue weighted by atomic mass is 10.1. The molecule has 0 heterocycles. The normalized spacial score (nSPS) is 12.1. The molecule has 0 aliphatic heterocycles. The second kappa shape index (κ2) is 11.8. The van der Waals surface area contributed by atoms with Gasteiger partial charge in [0.25, 0.3) is 10.0 Å². The number of likely N-dealkylation sites (N-methyl/N-ethyl adjacent to an activating group) is 1. The first-order valence-corrected chi connectivity index (χ1v) is 13.7. The number of rotatable bonds is 9. The zero-order valence-electron chi connectivity index (χ0n) is 21.7.